The van der Waals surface area contributed by atoms with Gasteiger partial charge in [-0.05, 0) is 17.7 Å². The molecule has 0 aliphatic carbocycles. The van der Waals surface area contributed by atoms with Crippen LogP contribution in [0.2, 0.25) is 0 Å². The van der Waals surface area contributed by atoms with E-state index in [1.54, 1.807) is 19.3 Å². The summed E-state index contributed by atoms with van der Waals surface area (Å²) in [6.07, 6.45) is 3.37. The lowest BCUT2D eigenvalue weighted by Crippen LogP contribution is -2.13. The maximum Gasteiger partial charge on any atom is 0.223 e. The second-order valence-electron chi connectivity index (χ2n) is 2.93. The highest BCUT2D eigenvalue weighted by atomic mass is 16.5. The first-order valence-corrected chi connectivity index (χ1v) is 4.23. The number of rotatable bonds is 2. The third-order valence-corrected chi connectivity index (χ3v) is 1.89. The van der Waals surface area contributed by atoms with Gasteiger partial charge in [0.15, 0.2) is 5.82 Å². The van der Waals surface area contributed by atoms with Gasteiger partial charge in [-0.3, -0.25) is 4.98 Å². The van der Waals surface area contributed by atoms with Gasteiger partial charge < -0.3 is 10.3 Å². The average Bonchev–Trinajstić information content (AvgIpc) is 2.65. The van der Waals surface area contributed by atoms with Crippen LogP contribution in [0, 0.1) is 6.92 Å². The highest BCUT2D eigenvalue weighted by Crippen LogP contribution is 2.15. The van der Waals surface area contributed by atoms with E-state index < -0.39 is 0 Å². The summed E-state index contributed by atoms with van der Waals surface area (Å²) in [4.78, 5) is 7.97. The summed E-state index contributed by atoms with van der Waals surface area (Å²) in [5.74, 6) is 1.01. The van der Waals surface area contributed by atoms with Crippen LogP contribution in [0.5, 0.6) is 0 Å². The number of hydrogen-bond donors (Lipinski definition) is 1. The predicted molar refractivity (Wildman–Crippen MR) is 49.3 cm³/mol. The van der Waals surface area contributed by atoms with Crippen LogP contribution in [0.3, 0.4) is 0 Å². The Morgan fingerprint density at radius 1 is 1.36 bits per heavy atom. The molecule has 0 radical (unpaired) electrons. The Kier molecular flexibility index (Phi) is 2.24. The zero-order chi connectivity index (χ0) is 9.97. The van der Waals surface area contributed by atoms with Crippen molar-refractivity contribution in [2.24, 2.45) is 5.73 Å². The van der Waals surface area contributed by atoms with E-state index in [1.807, 2.05) is 12.1 Å². The molecule has 0 aliphatic rings. The smallest absolute Gasteiger partial charge is 0.223 e. The van der Waals surface area contributed by atoms with Crippen molar-refractivity contribution >= 4 is 0 Å². The molecular weight excluding hydrogens is 180 g/mol. The zero-order valence-corrected chi connectivity index (χ0v) is 7.71. The number of hydrogen-bond acceptors (Lipinski definition) is 5. The van der Waals surface area contributed by atoms with E-state index in [0.29, 0.717) is 11.7 Å². The number of aryl methyl sites for hydroxylation is 1. The van der Waals surface area contributed by atoms with E-state index in [0.717, 1.165) is 5.56 Å². The van der Waals surface area contributed by atoms with Crippen LogP contribution in [0.4, 0.5) is 0 Å². The van der Waals surface area contributed by atoms with E-state index >= 15 is 0 Å². The quantitative estimate of drug-likeness (QED) is 0.758. The Labute approximate surface area is 81.0 Å². The number of pyridine rings is 1. The molecule has 2 heterocycles. The Bertz CT molecular complexity index is 412. The molecule has 0 bridgehead atoms. The highest BCUT2D eigenvalue weighted by Gasteiger charge is 2.14. The molecule has 0 amide bonds. The van der Waals surface area contributed by atoms with Crippen molar-refractivity contribution in [3.8, 4) is 0 Å². The van der Waals surface area contributed by atoms with Crippen molar-refractivity contribution in [2.45, 2.75) is 13.0 Å². The first-order chi connectivity index (χ1) is 6.77. The minimum Gasteiger partial charge on any atom is -0.340 e. The highest BCUT2D eigenvalue weighted by molar-refractivity contribution is 5.20. The maximum atomic E-state index is 5.92. The second kappa shape index (κ2) is 3.55. The molecule has 0 fully saturated rings. The number of nitrogens with two attached hydrogens (primary N) is 1. The van der Waals surface area contributed by atoms with Crippen molar-refractivity contribution < 1.29 is 4.52 Å². The topological polar surface area (TPSA) is 77.8 Å². The van der Waals surface area contributed by atoms with Gasteiger partial charge in [-0.1, -0.05) is 5.16 Å². The van der Waals surface area contributed by atoms with Crippen LogP contribution in [-0.2, 0) is 0 Å². The Morgan fingerprint density at radius 3 is 2.64 bits per heavy atom. The summed E-state index contributed by atoms with van der Waals surface area (Å²) in [5, 5.41) is 3.76. The van der Waals surface area contributed by atoms with Gasteiger partial charge in [0.1, 0.15) is 0 Å². The molecule has 2 aromatic heterocycles. The van der Waals surface area contributed by atoms with E-state index in [-0.39, 0.29) is 6.04 Å². The van der Waals surface area contributed by atoms with Crippen molar-refractivity contribution in [1.82, 2.24) is 15.1 Å². The van der Waals surface area contributed by atoms with Gasteiger partial charge in [0, 0.05) is 19.3 Å². The van der Waals surface area contributed by atoms with Crippen LogP contribution in [0.1, 0.15) is 23.3 Å². The molecule has 2 N–H and O–H groups in total. The summed E-state index contributed by atoms with van der Waals surface area (Å²) >= 11 is 0. The summed E-state index contributed by atoms with van der Waals surface area (Å²) < 4.78 is 4.85. The van der Waals surface area contributed by atoms with Crippen LogP contribution in [0.25, 0.3) is 0 Å². The molecule has 0 spiro atoms. The monoisotopic (exact) mass is 190 g/mol. The molecule has 0 aromatic carbocycles. The standard InChI is InChI=1S/C9H10N4O/c1-6-12-9(13-14-6)8(10)7-2-4-11-5-3-7/h2-5,8H,10H2,1H3. The van der Waals surface area contributed by atoms with Gasteiger partial charge in [-0.2, -0.15) is 4.98 Å². The molecule has 0 aliphatic heterocycles. The molecule has 5 heteroatoms. The lowest BCUT2D eigenvalue weighted by atomic mass is 10.1. The van der Waals surface area contributed by atoms with Crippen molar-refractivity contribution in [1.29, 1.82) is 0 Å². The van der Waals surface area contributed by atoms with Gasteiger partial charge >= 0.3 is 0 Å². The van der Waals surface area contributed by atoms with E-state index in [4.69, 9.17) is 10.3 Å². The van der Waals surface area contributed by atoms with Gasteiger partial charge in [-0.25, -0.2) is 0 Å². The van der Waals surface area contributed by atoms with E-state index in [2.05, 4.69) is 15.1 Å². The van der Waals surface area contributed by atoms with E-state index in [1.165, 1.54) is 0 Å². The molecule has 72 valence electrons. The number of nitrogens with zero attached hydrogens (tertiary/aromatic N) is 3. The first kappa shape index (κ1) is 8.83. The maximum absolute atomic E-state index is 5.92. The van der Waals surface area contributed by atoms with Crippen LogP contribution < -0.4 is 5.73 Å². The average molecular weight is 190 g/mol. The summed E-state index contributed by atoms with van der Waals surface area (Å²) in [6.45, 7) is 1.73. The molecule has 5 nitrogen and oxygen atoms in total. The SMILES string of the molecule is Cc1nc(C(N)c2ccncc2)no1. The van der Waals surface area contributed by atoms with Crippen molar-refractivity contribution in [3.63, 3.8) is 0 Å². The largest absolute Gasteiger partial charge is 0.340 e. The van der Waals surface area contributed by atoms with Crippen molar-refractivity contribution in [2.75, 3.05) is 0 Å². The first-order valence-electron chi connectivity index (χ1n) is 4.23. The van der Waals surface area contributed by atoms with Crippen LogP contribution in [-0.4, -0.2) is 15.1 Å². The van der Waals surface area contributed by atoms with Gasteiger partial charge in [0.25, 0.3) is 0 Å². The van der Waals surface area contributed by atoms with Crippen molar-refractivity contribution in [3.05, 3.63) is 41.8 Å². The van der Waals surface area contributed by atoms with E-state index in [9.17, 15) is 0 Å². The molecule has 0 saturated heterocycles. The zero-order valence-electron chi connectivity index (χ0n) is 7.71. The predicted octanol–water partition coefficient (Wildman–Crippen LogP) is 0.821. The van der Waals surface area contributed by atoms with Gasteiger partial charge in [-0.15, -0.1) is 0 Å². The Hall–Kier alpha value is -1.75. The normalized spacial score (nSPS) is 12.7. The second-order valence-corrected chi connectivity index (χ2v) is 2.93. The fraction of sp³-hybridized carbons (Fsp3) is 0.222. The summed E-state index contributed by atoms with van der Waals surface area (Å²) in [7, 11) is 0. The molecule has 0 saturated carbocycles. The summed E-state index contributed by atoms with van der Waals surface area (Å²) in [5.41, 5.74) is 6.83. The Morgan fingerprint density at radius 2 is 2.07 bits per heavy atom. The lowest BCUT2D eigenvalue weighted by molar-refractivity contribution is 0.385. The molecule has 1 unspecified atom stereocenters. The van der Waals surface area contributed by atoms with Gasteiger partial charge in [0.2, 0.25) is 5.89 Å². The van der Waals surface area contributed by atoms with Crippen LogP contribution >= 0.6 is 0 Å². The minimum absolute atomic E-state index is 0.351. The molecule has 14 heavy (non-hydrogen) atoms. The molecule has 2 rings (SSSR count). The minimum atomic E-state index is -0.351. The molecular formula is C9H10N4O. The summed E-state index contributed by atoms with van der Waals surface area (Å²) in [6, 6.07) is 3.31. The van der Waals surface area contributed by atoms with Gasteiger partial charge in [0.05, 0.1) is 6.04 Å². The number of aromatic nitrogens is 3. The molecule has 2 aromatic rings. The lowest BCUT2D eigenvalue weighted by Gasteiger charge is -2.05. The fourth-order valence-corrected chi connectivity index (χ4v) is 1.16. The third kappa shape index (κ3) is 1.62. The molecule has 1 atom stereocenters. The fourth-order valence-electron chi connectivity index (χ4n) is 1.16. The third-order valence-electron chi connectivity index (χ3n) is 1.89. The van der Waals surface area contributed by atoms with Crippen LogP contribution in [0.15, 0.2) is 29.0 Å². The Balaban J connectivity index is 2.29.